The van der Waals surface area contributed by atoms with Gasteiger partial charge in [0.25, 0.3) is 0 Å². The molecular formula is C17H16N2O2S2. The number of fused-ring (bicyclic) bond motifs is 1. The molecule has 0 saturated carbocycles. The van der Waals surface area contributed by atoms with Gasteiger partial charge in [0.1, 0.15) is 21.4 Å². The highest BCUT2D eigenvalue weighted by molar-refractivity contribution is 8.00. The number of nitrogens with zero attached hydrogens (tertiary/aromatic N) is 2. The molecule has 1 aromatic carbocycles. The predicted octanol–water partition coefficient (Wildman–Crippen LogP) is 4.62. The highest BCUT2D eigenvalue weighted by Gasteiger charge is 2.21. The molecule has 0 aliphatic heterocycles. The van der Waals surface area contributed by atoms with Gasteiger partial charge >= 0.3 is 5.97 Å². The lowest BCUT2D eigenvalue weighted by molar-refractivity contribution is -0.136. The number of thioether (sulfide) groups is 1. The largest absolute Gasteiger partial charge is 0.480 e. The summed E-state index contributed by atoms with van der Waals surface area (Å²) in [5, 5.41) is 12.6. The molecule has 6 heteroatoms. The Labute approximate surface area is 142 Å². The number of thiophene rings is 1. The number of hydrogen-bond acceptors (Lipinski definition) is 5. The summed E-state index contributed by atoms with van der Waals surface area (Å²) in [5.41, 5.74) is 3.37. The van der Waals surface area contributed by atoms with Crippen LogP contribution in [0.1, 0.15) is 18.9 Å². The van der Waals surface area contributed by atoms with Crippen molar-refractivity contribution < 1.29 is 9.90 Å². The van der Waals surface area contributed by atoms with Crippen LogP contribution in [-0.4, -0.2) is 26.3 Å². The van der Waals surface area contributed by atoms with E-state index in [1.54, 1.807) is 11.3 Å². The molecule has 1 N–H and O–H groups in total. The van der Waals surface area contributed by atoms with Gasteiger partial charge in [-0.1, -0.05) is 48.5 Å². The van der Waals surface area contributed by atoms with Gasteiger partial charge in [-0.05, 0) is 18.9 Å². The molecule has 0 fully saturated rings. The van der Waals surface area contributed by atoms with Crippen LogP contribution in [0.15, 0.2) is 41.0 Å². The number of carbonyl (C=O) groups is 1. The van der Waals surface area contributed by atoms with E-state index in [2.05, 4.69) is 46.5 Å². The summed E-state index contributed by atoms with van der Waals surface area (Å²) in [6.07, 6.45) is 2.06. The molecular weight excluding hydrogens is 328 g/mol. The zero-order chi connectivity index (χ0) is 16.4. The van der Waals surface area contributed by atoms with Crippen molar-refractivity contribution in [2.75, 3.05) is 0 Å². The monoisotopic (exact) mass is 344 g/mol. The van der Waals surface area contributed by atoms with Gasteiger partial charge in [-0.15, -0.1) is 11.3 Å². The Bertz CT molecular complexity index is 843. The molecule has 3 rings (SSSR count). The summed E-state index contributed by atoms with van der Waals surface area (Å²) in [6, 6.07) is 8.29. The molecule has 0 amide bonds. The molecule has 0 spiro atoms. The second-order valence-electron chi connectivity index (χ2n) is 5.23. The fourth-order valence-electron chi connectivity index (χ4n) is 2.33. The van der Waals surface area contributed by atoms with E-state index in [9.17, 15) is 9.90 Å². The van der Waals surface area contributed by atoms with Gasteiger partial charge in [0.15, 0.2) is 0 Å². The van der Waals surface area contributed by atoms with Gasteiger partial charge in [0.05, 0.1) is 5.39 Å². The fourth-order valence-corrected chi connectivity index (χ4v) is 4.28. The van der Waals surface area contributed by atoms with Gasteiger partial charge in [0.2, 0.25) is 0 Å². The Morgan fingerprint density at radius 2 is 2.04 bits per heavy atom. The van der Waals surface area contributed by atoms with Crippen LogP contribution >= 0.6 is 23.1 Å². The fraction of sp³-hybridized carbons (Fsp3) is 0.235. The van der Waals surface area contributed by atoms with Crippen molar-refractivity contribution in [3.8, 4) is 11.1 Å². The van der Waals surface area contributed by atoms with Crippen LogP contribution in [0.2, 0.25) is 0 Å². The van der Waals surface area contributed by atoms with Crippen LogP contribution in [0.4, 0.5) is 0 Å². The minimum atomic E-state index is -0.809. The molecule has 0 radical (unpaired) electrons. The van der Waals surface area contributed by atoms with Crippen LogP contribution in [0, 0.1) is 6.92 Å². The molecule has 0 aliphatic rings. The van der Waals surface area contributed by atoms with Crippen molar-refractivity contribution in [3.05, 3.63) is 41.5 Å². The maximum atomic E-state index is 11.3. The van der Waals surface area contributed by atoms with Crippen molar-refractivity contribution in [3.63, 3.8) is 0 Å². The quantitative estimate of drug-likeness (QED) is 0.540. The number of carboxylic acids is 1. The Morgan fingerprint density at radius 3 is 2.70 bits per heavy atom. The van der Waals surface area contributed by atoms with Gasteiger partial charge < -0.3 is 5.11 Å². The molecule has 118 valence electrons. The standard InChI is InChI=1S/C17H16N2O2S2/c1-3-13(17(20)21)23-16-14-12(8-22-15(14)18-9-19-16)11-6-4-10(2)5-7-11/h4-9,13H,3H2,1-2H3,(H,20,21)/t13-/m0/s1. The molecule has 1 atom stereocenters. The highest BCUT2D eigenvalue weighted by Crippen LogP contribution is 2.39. The molecule has 23 heavy (non-hydrogen) atoms. The van der Waals surface area contributed by atoms with E-state index in [-0.39, 0.29) is 0 Å². The van der Waals surface area contributed by atoms with Crippen molar-refractivity contribution in [2.24, 2.45) is 0 Å². The molecule has 0 unspecified atom stereocenters. The summed E-state index contributed by atoms with van der Waals surface area (Å²) in [4.78, 5) is 20.9. The molecule has 0 saturated heterocycles. The van der Waals surface area contributed by atoms with E-state index in [0.717, 1.165) is 26.4 Å². The van der Waals surface area contributed by atoms with Gasteiger partial charge in [-0.25, -0.2) is 9.97 Å². The lowest BCUT2D eigenvalue weighted by atomic mass is 10.1. The van der Waals surface area contributed by atoms with Crippen molar-refractivity contribution in [1.82, 2.24) is 9.97 Å². The first-order chi connectivity index (χ1) is 11.1. The maximum absolute atomic E-state index is 11.3. The van der Waals surface area contributed by atoms with E-state index < -0.39 is 11.2 Å². The van der Waals surface area contributed by atoms with Crippen LogP contribution < -0.4 is 0 Å². The SMILES string of the molecule is CC[C@H](Sc1ncnc2scc(-c3ccc(C)cc3)c12)C(=O)O. The van der Waals surface area contributed by atoms with E-state index in [0.29, 0.717) is 6.42 Å². The normalized spacial score (nSPS) is 12.4. The number of benzene rings is 1. The van der Waals surface area contributed by atoms with E-state index in [4.69, 9.17) is 0 Å². The number of aliphatic carboxylic acids is 1. The number of carboxylic acid groups (broad SMARTS) is 1. The third kappa shape index (κ3) is 3.23. The highest BCUT2D eigenvalue weighted by atomic mass is 32.2. The summed E-state index contributed by atoms with van der Waals surface area (Å²) < 4.78 is 0. The van der Waals surface area contributed by atoms with Gasteiger partial charge in [-0.2, -0.15) is 0 Å². The van der Waals surface area contributed by atoms with Crippen molar-refractivity contribution >= 4 is 39.3 Å². The topological polar surface area (TPSA) is 63.1 Å². The van der Waals surface area contributed by atoms with E-state index in [1.807, 2.05) is 6.92 Å². The van der Waals surface area contributed by atoms with E-state index >= 15 is 0 Å². The number of rotatable bonds is 5. The average Bonchev–Trinajstić information content (AvgIpc) is 2.98. The average molecular weight is 344 g/mol. The van der Waals surface area contributed by atoms with Crippen LogP contribution in [0.5, 0.6) is 0 Å². The molecule has 4 nitrogen and oxygen atoms in total. The van der Waals surface area contributed by atoms with Crippen molar-refractivity contribution in [1.29, 1.82) is 0 Å². The zero-order valence-corrected chi connectivity index (χ0v) is 14.4. The first-order valence-electron chi connectivity index (χ1n) is 7.29. The first kappa shape index (κ1) is 16.0. The third-order valence-electron chi connectivity index (χ3n) is 3.60. The first-order valence-corrected chi connectivity index (χ1v) is 9.04. The lowest BCUT2D eigenvalue weighted by Gasteiger charge is -2.10. The maximum Gasteiger partial charge on any atom is 0.317 e. The number of aryl methyl sites for hydroxylation is 1. The Kier molecular flexibility index (Phi) is 4.63. The molecule has 0 aliphatic carbocycles. The predicted molar refractivity (Wildman–Crippen MR) is 95.2 cm³/mol. The Balaban J connectivity index is 2.10. The van der Waals surface area contributed by atoms with Crippen LogP contribution in [0.3, 0.4) is 0 Å². The Hall–Kier alpha value is -1.92. The smallest absolute Gasteiger partial charge is 0.317 e. The third-order valence-corrected chi connectivity index (χ3v) is 5.84. The zero-order valence-electron chi connectivity index (χ0n) is 12.8. The molecule has 0 bridgehead atoms. The Morgan fingerprint density at radius 1 is 1.30 bits per heavy atom. The molecule has 3 aromatic rings. The summed E-state index contributed by atoms with van der Waals surface area (Å²) in [6.45, 7) is 3.93. The summed E-state index contributed by atoms with van der Waals surface area (Å²) >= 11 is 2.86. The summed E-state index contributed by atoms with van der Waals surface area (Å²) in [5.74, 6) is -0.809. The molecule has 2 heterocycles. The second kappa shape index (κ2) is 6.68. The number of aromatic nitrogens is 2. The van der Waals surface area contributed by atoms with Crippen LogP contribution in [-0.2, 0) is 4.79 Å². The van der Waals surface area contributed by atoms with Crippen molar-refractivity contribution in [2.45, 2.75) is 30.5 Å². The minimum absolute atomic E-state index is 0.501. The lowest BCUT2D eigenvalue weighted by Crippen LogP contribution is -2.15. The number of hydrogen-bond donors (Lipinski definition) is 1. The molecule has 2 aromatic heterocycles. The van der Waals surface area contributed by atoms with Gasteiger partial charge in [0, 0.05) is 10.9 Å². The second-order valence-corrected chi connectivity index (χ2v) is 7.28. The van der Waals surface area contributed by atoms with Gasteiger partial charge in [-0.3, -0.25) is 4.79 Å². The summed E-state index contributed by atoms with van der Waals surface area (Å²) in [7, 11) is 0. The minimum Gasteiger partial charge on any atom is -0.480 e. The van der Waals surface area contributed by atoms with Crippen LogP contribution in [0.25, 0.3) is 21.3 Å². The van der Waals surface area contributed by atoms with E-state index in [1.165, 1.54) is 23.7 Å².